The molecule has 1 aliphatic rings. The number of fused-ring (bicyclic) bond motifs is 1. The molecule has 0 fully saturated rings. The zero-order valence-electron chi connectivity index (χ0n) is 18.4. The molecule has 7 heteroatoms. The maximum Gasteiger partial charge on any atom is 0.257 e. The molecular weight excluding hydrogens is 416 g/mol. The summed E-state index contributed by atoms with van der Waals surface area (Å²) < 4.78 is 0. The van der Waals surface area contributed by atoms with Gasteiger partial charge >= 0.3 is 0 Å². The summed E-state index contributed by atoms with van der Waals surface area (Å²) in [6.07, 6.45) is 0.467. The fourth-order valence-electron chi connectivity index (χ4n) is 4.11. The van der Waals surface area contributed by atoms with Crippen molar-refractivity contribution in [2.24, 2.45) is 5.73 Å². The molecule has 0 aliphatic carbocycles. The van der Waals surface area contributed by atoms with Crippen LogP contribution < -0.4 is 16.4 Å². The topological polar surface area (TPSA) is 105 Å². The Bertz CT molecular complexity index is 1210. The number of amides is 3. The Morgan fingerprint density at radius 3 is 2.42 bits per heavy atom. The lowest BCUT2D eigenvalue weighted by molar-refractivity contribution is -0.125. The van der Waals surface area contributed by atoms with Crippen LogP contribution in [0.25, 0.3) is 0 Å². The average Bonchev–Trinajstić information content (AvgIpc) is 2.78. The molecule has 33 heavy (non-hydrogen) atoms. The lowest BCUT2D eigenvalue weighted by atomic mass is 9.93. The molecule has 0 spiro atoms. The van der Waals surface area contributed by atoms with Crippen LogP contribution in [-0.4, -0.2) is 35.2 Å². The Balaban J connectivity index is 1.47. The van der Waals surface area contributed by atoms with Crippen LogP contribution in [0.5, 0.6) is 0 Å². The first-order valence-electron chi connectivity index (χ1n) is 10.8. The fraction of sp³-hybridized carbons (Fsp3) is 0.192. The van der Waals surface area contributed by atoms with Crippen molar-refractivity contribution in [1.29, 1.82) is 0 Å². The van der Waals surface area contributed by atoms with Crippen molar-refractivity contribution in [3.63, 3.8) is 0 Å². The zero-order chi connectivity index (χ0) is 23.4. The van der Waals surface area contributed by atoms with Gasteiger partial charge in [-0.1, -0.05) is 48.5 Å². The standard InChI is InChI=1S/C26H26N4O3/c1-17-7-6-10-20(13-17)28-26(33)21-11-4-5-12-22(21)29-24(31)16-30-15-19-9-3-2-8-18(19)14-23(30)25(27)32/h2-13,23H,14-16H2,1H3,(H2,27,32)(H,28,33)(H,29,31)/t23-/m0/s1. The van der Waals surface area contributed by atoms with Crippen LogP contribution >= 0.6 is 0 Å². The van der Waals surface area contributed by atoms with E-state index in [1.807, 2.05) is 55.5 Å². The van der Waals surface area contributed by atoms with Crippen LogP contribution in [0.2, 0.25) is 0 Å². The summed E-state index contributed by atoms with van der Waals surface area (Å²) in [5.74, 6) is -1.11. The minimum absolute atomic E-state index is 0.0181. The fourth-order valence-corrected chi connectivity index (χ4v) is 4.11. The largest absolute Gasteiger partial charge is 0.368 e. The first-order valence-corrected chi connectivity index (χ1v) is 10.8. The normalized spacial score (nSPS) is 15.4. The number of primary amides is 1. The molecule has 1 atom stereocenters. The molecule has 4 N–H and O–H groups in total. The zero-order valence-corrected chi connectivity index (χ0v) is 18.4. The molecule has 3 amide bonds. The van der Waals surface area contributed by atoms with Gasteiger partial charge in [-0.25, -0.2) is 0 Å². The van der Waals surface area contributed by atoms with E-state index < -0.39 is 11.9 Å². The lowest BCUT2D eigenvalue weighted by Gasteiger charge is -2.34. The summed E-state index contributed by atoms with van der Waals surface area (Å²) in [5, 5.41) is 5.69. The minimum atomic E-state index is -0.564. The van der Waals surface area contributed by atoms with E-state index in [2.05, 4.69) is 10.6 Å². The van der Waals surface area contributed by atoms with Crippen molar-refractivity contribution >= 4 is 29.1 Å². The van der Waals surface area contributed by atoms with Crippen LogP contribution in [0.4, 0.5) is 11.4 Å². The Hall–Kier alpha value is -3.97. The number of hydrogen-bond acceptors (Lipinski definition) is 4. The second kappa shape index (κ2) is 9.67. The number of nitrogens with two attached hydrogens (primary N) is 1. The maximum atomic E-state index is 12.9. The molecule has 3 aromatic rings. The molecule has 0 saturated heterocycles. The van der Waals surface area contributed by atoms with Crippen LogP contribution in [0.3, 0.4) is 0 Å². The molecule has 4 rings (SSSR count). The number of carbonyl (C=O) groups is 3. The molecule has 0 radical (unpaired) electrons. The van der Waals surface area contributed by atoms with Gasteiger partial charge in [-0.3, -0.25) is 19.3 Å². The highest BCUT2D eigenvalue weighted by molar-refractivity contribution is 6.10. The van der Waals surface area contributed by atoms with Gasteiger partial charge in [0.25, 0.3) is 5.91 Å². The maximum absolute atomic E-state index is 12.9. The summed E-state index contributed by atoms with van der Waals surface area (Å²) in [5.41, 5.74) is 10.2. The molecule has 0 saturated carbocycles. The van der Waals surface area contributed by atoms with Gasteiger partial charge in [0, 0.05) is 12.2 Å². The van der Waals surface area contributed by atoms with Gasteiger partial charge < -0.3 is 16.4 Å². The Morgan fingerprint density at radius 1 is 0.939 bits per heavy atom. The monoisotopic (exact) mass is 442 g/mol. The first kappa shape index (κ1) is 22.2. The van der Waals surface area contributed by atoms with E-state index >= 15 is 0 Å². The second-order valence-corrected chi connectivity index (χ2v) is 8.21. The van der Waals surface area contributed by atoms with Gasteiger partial charge in [0.2, 0.25) is 11.8 Å². The van der Waals surface area contributed by atoms with E-state index in [9.17, 15) is 14.4 Å². The molecule has 0 unspecified atom stereocenters. The van der Waals surface area contributed by atoms with Crippen molar-refractivity contribution in [2.75, 3.05) is 17.2 Å². The van der Waals surface area contributed by atoms with E-state index in [-0.39, 0.29) is 18.4 Å². The smallest absolute Gasteiger partial charge is 0.257 e. The van der Waals surface area contributed by atoms with Crippen LogP contribution in [0.15, 0.2) is 72.8 Å². The van der Waals surface area contributed by atoms with Crippen molar-refractivity contribution in [1.82, 2.24) is 4.90 Å². The summed E-state index contributed by atoms with van der Waals surface area (Å²) in [4.78, 5) is 39.6. The highest BCUT2D eigenvalue weighted by Crippen LogP contribution is 2.24. The van der Waals surface area contributed by atoms with Crippen LogP contribution in [0, 0.1) is 6.92 Å². The molecule has 0 aromatic heterocycles. The molecule has 1 heterocycles. The van der Waals surface area contributed by atoms with E-state index in [0.29, 0.717) is 29.9 Å². The summed E-state index contributed by atoms with van der Waals surface area (Å²) in [7, 11) is 0. The molecule has 7 nitrogen and oxygen atoms in total. The van der Waals surface area contributed by atoms with Gasteiger partial charge in [-0.05, 0) is 54.3 Å². The van der Waals surface area contributed by atoms with Crippen molar-refractivity contribution in [3.05, 3.63) is 95.1 Å². The number of aryl methyl sites for hydroxylation is 1. The third-order valence-electron chi connectivity index (χ3n) is 5.74. The second-order valence-electron chi connectivity index (χ2n) is 8.21. The van der Waals surface area contributed by atoms with E-state index in [0.717, 1.165) is 16.7 Å². The van der Waals surface area contributed by atoms with Crippen molar-refractivity contribution in [2.45, 2.75) is 25.9 Å². The molecule has 168 valence electrons. The summed E-state index contributed by atoms with van der Waals surface area (Å²) in [6.45, 7) is 2.38. The number of anilines is 2. The summed E-state index contributed by atoms with van der Waals surface area (Å²) >= 11 is 0. The molecule has 3 aromatic carbocycles. The number of benzene rings is 3. The van der Waals surface area contributed by atoms with Gasteiger partial charge in [0.1, 0.15) is 0 Å². The van der Waals surface area contributed by atoms with Gasteiger partial charge in [-0.15, -0.1) is 0 Å². The van der Waals surface area contributed by atoms with E-state index in [1.165, 1.54) is 0 Å². The molecular formula is C26H26N4O3. The first-order chi connectivity index (χ1) is 15.9. The Kier molecular flexibility index (Phi) is 6.51. The number of nitrogens with one attached hydrogen (secondary N) is 2. The van der Waals surface area contributed by atoms with E-state index in [4.69, 9.17) is 5.73 Å². The molecule has 1 aliphatic heterocycles. The van der Waals surface area contributed by atoms with Gasteiger partial charge in [0.15, 0.2) is 0 Å². The van der Waals surface area contributed by atoms with Crippen molar-refractivity contribution in [3.8, 4) is 0 Å². The number of rotatable bonds is 6. The van der Waals surface area contributed by atoms with E-state index in [1.54, 1.807) is 29.2 Å². The third kappa shape index (κ3) is 5.27. The van der Waals surface area contributed by atoms with Crippen LogP contribution in [-0.2, 0) is 22.6 Å². The SMILES string of the molecule is Cc1cccc(NC(=O)c2ccccc2NC(=O)CN2Cc3ccccc3C[C@H]2C(N)=O)c1. The van der Waals surface area contributed by atoms with Crippen LogP contribution in [0.1, 0.15) is 27.0 Å². The van der Waals surface area contributed by atoms with Crippen molar-refractivity contribution < 1.29 is 14.4 Å². The average molecular weight is 443 g/mol. The number of carbonyl (C=O) groups excluding carboxylic acids is 3. The molecule has 0 bridgehead atoms. The predicted octanol–water partition coefficient (Wildman–Crippen LogP) is 3.10. The number of nitrogens with zero attached hydrogens (tertiary/aromatic N) is 1. The van der Waals surface area contributed by atoms with Gasteiger partial charge in [-0.2, -0.15) is 0 Å². The Morgan fingerprint density at radius 2 is 1.67 bits per heavy atom. The number of hydrogen-bond donors (Lipinski definition) is 3. The highest BCUT2D eigenvalue weighted by atomic mass is 16.2. The predicted molar refractivity (Wildman–Crippen MR) is 128 cm³/mol. The minimum Gasteiger partial charge on any atom is -0.368 e. The Labute approximate surface area is 192 Å². The lowest BCUT2D eigenvalue weighted by Crippen LogP contribution is -2.51. The highest BCUT2D eigenvalue weighted by Gasteiger charge is 2.31. The summed E-state index contributed by atoms with van der Waals surface area (Å²) in [6, 6.07) is 21.6. The third-order valence-corrected chi connectivity index (χ3v) is 5.74. The number of para-hydroxylation sites is 1. The quantitative estimate of drug-likeness (QED) is 0.546. The van der Waals surface area contributed by atoms with Gasteiger partial charge in [0.05, 0.1) is 23.8 Å².